The Morgan fingerprint density at radius 1 is 1.24 bits per heavy atom. The molecule has 1 amide bonds. The van der Waals surface area contributed by atoms with Gasteiger partial charge in [-0.3, -0.25) is 10.1 Å². The molecule has 0 atom stereocenters. The topological polar surface area (TPSA) is 89.3 Å². The minimum absolute atomic E-state index is 0.186. The molecule has 2 aromatic carbocycles. The number of carbonyl (C=O) groups is 2. The first-order valence-electron chi connectivity index (χ1n) is 8.40. The average Bonchev–Trinajstić information content (AvgIpc) is 3.07. The van der Waals surface area contributed by atoms with E-state index < -0.39 is 11.9 Å². The number of nitrogens with one attached hydrogen (secondary N) is 1. The Hall–Kier alpha value is -3.46. The lowest BCUT2D eigenvalue weighted by atomic mass is 10.1. The van der Waals surface area contributed by atoms with Gasteiger partial charge >= 0.3 is 5.97 Å². The molecule has 0 aromatic heterocycles. The molecule has 1 aliphatic heterocycles. The van der Waals surface area contributed by atoms with Crippen LogP contribution in [0.3, 0.4) is 0 Å². The highest BCUT2D eigenvalue weighted by atomic mass is 32.2. The smallest absolute Gasteiger partial charge is 0.331 e. The molecular formula is C20H16FN3O4S. The second-order valence-corrected chi connectivity index (χ2v) is 6.76. The zero-order valence-corrected chi connectivity index (χ0v) is 16.1. The molecule has 1 fully saturated rings. The zero-order chi connectivity index (χ0) is 20.6. The van der Waals surface area contributed by atoms with Gasteiger partial charge in [-0.05, 0) is 53.2 Å². The summed E-state index contributed by atoms with van der Waals surface area (Å²) in [6.07, 6.45) is 2.62. The number of nitrogens with zero attached hydrogens (tertiary/aromatic N) is 2. The summed E-state index contributed by atoms with van der Waals surface area (Å²) in [4.78, 5) is 23.2. The van der Waals surface area contributed by atoms with E-state index in [-0.39, 0.29) is 15.9 Å². The van der Waals surface area contributed by atoms with Gasteiger partial charge < -0.3 is 9.47 Å². The average molecular weight is 413 g/mol. The largest absolute Gasteiger partial charge is 0.489 e. The standard InChI is InChI=1S/C20H16FN3O4S/c1-27-18(25)10-17-19(26)23-20(29-17)24-22-11-13-3-2-4-14(9-13)12-28-16-7-5-15(21)6-8-16/h2-11H,12H2,1H3,(H,23,24,26)/b17-10+,22-11?. The summed E-state index contributed by atoms with van der Waals surface area (Å²) in [7, 11) is 1.23. The number of hydrogen-bond acceptors (Lipinski definition) is 7. The molecule has 0 bridgehead atoms. The van der Waals surface area contributed by atoms with Crippen molar-refractivity contribution in [2.45, 2.75) is 6.61 Å². The first-order chi connectivity index (χ1) is 14.0. The third-order valence-corrected chi connectivity index (χ3v) is 4.53. The summed E-state index contributed by atoms with van der Waals surface area (Å²) in [5.41, 5.74) is 1.69. The molecule has 9 heteroatoms. The van der Waals surface area contributed by atoms with Crippen molar-refractivity contribution in [3.63, 3.8) is 0 Å². The molecule has 1 heterocycles. The van der Waals surface area contributed by atoms with Gasteiger partial charge in [-0.15, -0.1) is 5.10 Å². The Balaban J connectivity index is 1.60. The summed E-state index contributed by atoms with van der Waals surface area (Å²) in [5.74, 6) is -0.801. The second kappa shape index (κ2) is 9.65. The van der Waals surface area contributed by atoms with E-state index in [0.29, 0.717) is 12.4 Å². The number of amides is 1. The molecule has 1 saturated heterocycles. The normalized spacial score (nSPS) is 16.4. The van der Waals surface area contributed by atoms with E-state index in [1.807, 2.05) is 24.3 Å². The van der Waals surface area contributed by atoms with Gasteiger partial charge in [0.2, 0.25) is 0 Å². The van der Waals surface area contributed by atoms with Crippen LogP contribution in [0.4, 0.5) is 4.39 Å². The predicted octanol–water partition coefficient (Wildman–Crippen LogP) is 3.01. The Kier molecular flexibility index (Phi) is 6.75. The van der Waals surface area contributed by atoms with Crippen molar-refractivity contribution in [2.24, 2.45) is 10.2 Å². The molecule has 0 radical (unpaired) electrons. The van der Waals surface area contributed by atoms with Crippen molar-refractivity contribution < 1.29 is 23.5 Å². The summed E-state index contributed by atoms with van der Waals surface area (Å²) < 4.78 is 23.0. The van der Waals surface area contributed by atoms with Crippen LogP contribution in [0.15, 0.2) is 69.7 Å². The minimum atomic E-state index is -0.618. The zero-order valence-electron chi connectivity index (χ0n) is 15.3. The highest BCUT2D eigenvalue weighted by molar-refractivity contribution is 8.18. The van der Waals surface area contributed by atoms with Gasteiger partial charge in [0.15, 0.2) is 5.17 Å². The maximum atomic E-state index is 12.9. The van der Waals surface area contributed by atoms with Crippen LogP contribution in [0.2, 0.25) is 0 Å². The highest BCUT2D eigenvalue weighted by Crippen LogP contribution is 2.23. The van der Waals surface area contributed by atoms with Gasteiger partial charge in [-0.1, -0.05) is 18.2 Å². The Morgan fingerprint density at radius 3 is 2.79 bits per heavy atom. The predicted molar refractivity (Wildman–Crippen MR) is 108 cm³/mol. The molecule has 7 nitrogen and oxygen atoms in total. The van der Waals surface area contributed by atoms with E-state index in [9.17, 15) is 14.0 Å². The monoisotopic (exact) mass is 413 g/mol. The lowest BCUT2D eigenvalue weighted by Crippen LogP contribution is -2.19. The van der Waals surface area contributed by atoms with Crippen LogP contribution in [0.1, 0.15) is 11.1 Å². The number of thioether (sulfide) groups is 1. The van der Waals surface area contributed by atoms with E-state index in [1.54, 1.807) is 12.1 Å². The molecule has 0 saturated carbocycles. The van der Waals surface area contributed by atoms with E-state index in [4.69, 9.17) is 4.74 Å². The fourth-order valence-electron chi connectivity index (χ4n) is 2.25. The van der Waals surface area contributed by atoms with Crippen LogP contribution in [0.5, 0.6) is 5.75 Å². The van der Waals surface area contributed by atoms with Crippen LogP contribution in [-0.4, -0.2) is 30.4 Å². The van der Waals surface area contributed by atoms with Crippen molar-refractivity contribution in [2.75, 3.05) is 7.11 Å². The van der Waals surface area contributed by atoms with Crippen LogP contribution >= 0.6 is 11.8 Å². The fraction of sp³-hybridized carbons (Fsp3) is 0.100. The number of hydrogen-bond donors (Lipinski definition) is 1. The van der Waals surface area contributed by atoms with Crippen LogP contribution < -0.4 is 10.1 Å². The Bertz CT molecular complexity index is 1000. The number of halogens is 1. The van der Waals surface area contributed by atoms with E-state index in [0.717, 1.165) is 29.0 Å². The fourth-order valence-corrected chi connectivity index (χ4v) is 2.99. The molecule has 0 spiro atoms. The Morgan fingerprint density at radius 2 is 2.03 bits per heavy atom. The van der Waals surface area contributed by atoms with Crippen LogP contribution in [-0.2, 0) is 20.9 Å². The first kappa shape index (κ1) is 20.3. The van der Waals surface area contributed by atoms with Crippen molar-refractivity contribution in [1.82, 2.24) is 5.32 Å². The maximum absolute atomic E-state index is 12.9. The van der Waals surface area contributed by atoms with Crippen LogP contribution in [0, 0.1) is 5.82 Å². The Labute approximate surface area is 170 Å². The molecule has 0 unspecified atom stereocenters. The van der Waals surface area contributed by atoms with Gasteiger partial charge in [0.25, 0.3) is 5.91 Å². The summed E-state index contributed by atoms with van der Waals surface area (Å²) in [5, 5.41) is 10.7. The maximum Gasteiger partial charge on any atom is 0.331 e. The van der Waals surface area contributed by atoms with Crippen molar-refractivity contribution >= 4 is 35.0 Å². The number of ether oxygens (including phenoxy) is 2. The lowest BCUT2D eigenvalue weighted by Gasteiger charge is -2.06. The van der Waals surface area contributed by atoms with Crippen LogP contribution in [0.25, 0.3) is 0 Å². The minimum Gasteiger partial charge on any atom is -0.489 e. The SMILES string of the molecule is COC(=O)/C=C1/S/C(=N\N=Cc2cccc(COc3ccc(F)cc3)c2)NC1=O. The number of benzene rings is 2. The van der Waals surface area contributed by atoms with Crippen molar-refractivity contribution in [1.29, 1.82) is 0 Å². The molecule has 3 rings (SSSR count). The molecular weight excluding hydrogens is 397 g/mol. The van der Waals surface area contributed by atoms with Gasteiger partial charge in [0, 0.05) is 6.08 Å². The third kappa shape index (κ3) is 6.01. The first-order valence-corrected chi connectivity index (χ1v) is 9.22. The van der Waals surface area contributed by atoms with Gasteiger partial charge in [0.05, 0.1) is 18.2 Å². The van der Waals surface area contributed by atoms with Crippen molar-refractivity contribution in [3.05, 3.63) is 76.5 Å². The van der Waals surface area contributed by atoms with E-state index in [1.165, 1.54) is 25.5 Å². The van der Waals surface area contributed by atoms with E-state index in [2.05, 4.69) is 20.3 Å². The number of amidine groups is 1. The number of methoxy groups -OCH3 is 1. The second-order valence-electron chi connectivity index (χ2n) is 5.73. The lowest BCUT2D eigenvalue weighted by molar-refractivity contribution is -0.135. The summed E-state index contributed by atoms with van der Waals surface area (Å²) in [6, 6.07) is 13.3. The van der Waals surface area contributed by atoms with Gasteiger partial charge in [0.1, 0.15) is 18.2 Å². The molecule has 0 aliphatic carbocycles. The molecule has 29 heavy (non-hydrogen) atoms. The summed E-state index contributed by atoms with van der Waals surface area (Å²) in [6.45, 7) is 0.315. The molecule has 1 N–H and O–H groups in total. The third-order valence-electron chi connectivity index (χ3n) is 3.63. The highest BCUT2D eigenvalue weighted by Gasteiger charge is 2.24. The summed E-state index contributed by atoms with van der Waals surface area (Å²) >= 11 is 0.997. The van der Waals surface area contributed by atoms with Gasteiger partial charge in [-0.2, -0.15) is 5.10 Å². The van der Waals surface area contributed by atoms with Crippen molar-refractivity contribution in [3.8, 4) is 5.75 Å². The quantitative estimate of drug-likeness (QED) is 0.340. The number of carbonyl (C=O) groups excluding carboxylic acids is 2. The number of esters is 1. The van der Waals surface area contributed by atoms with Gasteiger partial charge in [-0.25, -0.2) is 9.18 Å². The molecule has 2 aromatic rings. The number of rotatable bonds is 6. The molecule has 1 aliphatic rings. The van der Waals surface area contributed by atoms with E-state index >= 15 is 0 Å². The molecule has 148 valence electrons.